The Balaban J connectivity index is 1.38. The summed E-state index contributed by atoms with van der Waals surface area (Å²) in [6, 6.07) is 17.1. The van der Waals surface area contributed by atoms with Crippen molar-refractivity contribution in [3.8, 4) is 11.3 Å². The Morgan fingerprint density at radius 3 is 2.36 bits per heavy atom. The van der Waals surface area contributed by atoms with Gasteiger partial charge in [-0.1, -0.05) is 45.0 Å². The third-order valence-corrected chi connectivity index (χ3v) is 7.70. The first-order chi connectivity index (χ1) is 20.9. The number of hydrogen-bond donors (Lipinski definition) is 2. The van der Waals surface area contributed by atoms with Crippen LogP contribution in [0.1, 0.15) is 52.6 Å². The fourth-order valence-corrected chi connectivity index (χ4v) is 5.02. The van der Waals surface area contributed by atoms with Crippen LogP contribution in [0.4, 0.5) is 21.6 Å². The molecule has 0 spiro atoms. The molecular formula is C34H36FN5O4. The Morgan fingerprint density at radius 2 is 1.70 bits per heavy atom. The summed E-state index contributed by atoms with van der Waals surface area (Å²) in [6.07, 6.45) is 1.61. The molecule has 1 aromatic heterocycles. The van der Waals surface area contributed by atoms with Crippen LogP contribution in [-0.4, -0.2) is 52.6 Å². The van der Waals surface area contributed by atoms with Gasteiger partial charge >= 0.3 is 0 Å². The maximum atomic E-state index is 15.0. The predicted molar refractivity (Wildman–Crippen MR) is 169 cm³/mol. The van der Waals surface area contributed by atoms with Crippen molar-refractivity contribution in [2.24, 2.45) is 7.05 Å². The highest BCUT2D eigenvalue weighted by molar-refractivity contribution is 6.05. The number of rotatable bonds is 6. The van der Waals surface area contributed by atoms with Gasteiger partial charge in [0.25, 0.3) is 17.4 Å². The van der Waals surface area contributed by atoms with E-state index in [-0.39, 0.29) is 28.4 Å². The average molecular weight is 598 g/mol. The molecule has 0 unspecified atom stereocenters. The Bertz CT molecular complexity index is 1770. The second-order valence-corrected chi connectivity index (χ2v) is 11.9. The lowest BCUT2D eigenvalue weighted by Crippen LogP contribution is -2.41. The Morgan fingerprint density at radius 1 is 1.00 bits per heavy atom. The Hall–Kier alpha value is -4.83. The first kappa shape index (κ1) is 30.6. The van der Waals surface area contributed by atoms with Crippen molar-refractivity contribution in [3.05, 3.63) is 105 Å². The molecule has 0 radical (unpaired) electrons. The molecule has 0 bridgehead atoms. The second kappa shape index (κ2) is 12.4. The number of carbonyl (C=O) groups excluding carboxylic acids is 2. The lowest BCUT2D eigenvalue weighted by Gasteiger charge is -2.27. The molecule has 3 aromatic carbocycles. The van der Waals surface area contributed by atoms with Gasteiger partial charge in [-0.3, -0.25) is 14.4 Å². The number of anilines is 3. The Kier molecular flexibility index (Phi) is 8.64. The highest BCUT2D eigenvalue weighted by Gasteiger charge is 2.22. The van der Waals surface area contributed by atoms with Crippen molar-refractivity contribution in [2.75, 3.05) is 36.9 Å². The van der Waals surface area contributed by atoms with E-state index in [4.69, 9.17) is 4.74 Å². The number of nitrogens with zero attached hydrogens (tertiary/aromatic N) is 3. The lowest BCUT2D eigenvalue weighted by atomic mass is 9.86. The highest BCUT2D eigenvalue weighted by Crippen LogP contribution is 2.29. The monoisotopic (exact) mass is 597 g/mol. The van der Waals surface area contributed by atoms with Crippen LogP contribution in [0.3, 0.4) is 0 Å². The quantitative estimate of drug-likeness (QED) is 0.297. The third kappa shape index (κ3) is 6.55. The fourth-order valence-electron chi connectivity index (χ4n) is 5.02. The summed E-state index contributed by atoms with van der Waals surface area (Å²) in [5, 5.41) is 5.90. The number of amides is 2. The highest BCUT2D eigenvalue weighted by atomic mass is 19.1. The van der Waals surface area contributed by atoms with Gasteiger partial charge in [-0.15, -0.1) is 0 Å². The van der Waals surface area contributed by atoms with Gasteiger partial charge < -0.3 is 24.8 Å². The molecule has 10 heteroatoms. The van der Waals surface area contributed by atoms with Gasteiger partial charge in [0.1, 0.15) is 5.82 Å². The van der Waals surface area contributed by atoms with Crippen molar-refractivity contribution >= 4 is 29.0 Å². The molecule has 1 aliphatic heterocycles. The smallest absolute Gasteiger partial charge is 0.293 e. The molecule has 1 saturated heterocycles. The zero-order chi connectivity index (χ0) is 31.6. The zero-order valence-corrected chi connectivity index (χ0v) is 25.5. The predicted octanol–water partition coefficient (Wildman–Crippen LogP) is 5.66. The molecule has 1 fully saturated rings. The molecule has 2 N–H and O–H groups in total. The molecule has 1 aliphatic rings. The van der Waals surface area contributed by atoms with Crippen LogP contribution >= 0.6 is 0 Å². The van der Waals surface area contributed by atoms with Crippen LogP contribution in [0, 0.1) is 12.7 Å². The van der Waals surface area contributed by atoms with Gasteiger partial charge in [-0.2, -0.15) is 0 Å². The molecule has 2 amide bonds. The van der Waals surface area contributed by atoms with E-state index in [1.807, 2.05) is 43.3 Å². The third-order valence-electron chi connectivity index (χ3n) is 7.70. The van der Waals surface area contributed by atoms with Crippen LogP contribution in [0.25, 0.3) is 11.3 Å². The molecule has 9 nitrogen and oxygen atoms in total. The fraction of sp³-hybridized carbons (Fsp3) is 0.294. The van der Waals surface area contributed by atoms with E-state index >= 15 is 4.39 Å². The minimum absolute atomic E-state index is 0.00978. The average Bonchev–Trinajstić information content (AvgIpc) is 3.00. The van der Waals surface area contributed by atoms with Gasteiger partial charge in [-0.25, -0.2) is 9.37 Å². The minimum atomic E-state index is -0.702. The van der Waals surface area contributed by atoms with Crippen LogP contribution in [-0.2, 0) is 17.2 Å². The van der Waals surface area contributed by atoms with Crippen molar-refractivity contribution in [1.29, 1.82) is 0 Å². The number of aryl methyl sites for hydroxylation is 1. The summed E-state index contributed by atoms with van der Waals surface area (Å²) in [5.41, 5.74) is 4.04. The summed E-state index contributed by atoms with van der Waals surface area (Å²) in [4.78, 5) is 44.9. The topological polar surface area (TPSA) is 106 Å². The molecule has 0 aliphatic carbocycles. The van der Waals surface area contributed by atoms with Gasteiger partial charge in [0.05, 0.1) is 24.5 Å². The van der Waals surface area contributed by atoms with Crippen molar-refractivity contribution in [3.63, 3.8) is 0 Å². The first-order valence-corrected chi connectivity index (χ1v) is 14.5. The van der Waals surface area contributed by atoms with E-state index < -0.39 is 17.3 Å². The lowest BCUT2D eigenvalue weighted by molar-refractivity contribution is 0.0300. The van der Waals surface area contributed by atoms with Crippen molar-refractivity contribution in [2.45, 2.75) is 33.1 Å². The summed E-state index contributed by atoms with van der Waals surface area (Å²) in [5.74, 6) is -1.35. The summed E-state index contributed by atoms with van der Waals surface area (Å²) >= 11 is 0. The first-order valence-electron chi connectivity index (χ1n) is 14.5. The second-order valence-electron chi connectivity index (χ2n) is 11.9. The molecule has 0 saturated carbocycles. The number of ether oxygens (including phenoxy) is 1. The van der Waals surface area contributed by atoms with E-state index in [0.717, 1.165) is 11.1 Å². The summed E-state index contributed by atoms with van der Waals surface area (Å²) in [6.45, 7) is 9.86. The number of aromatic nitrogens is 2. The molecular weight excluding hydrogens is 561 g/mol. The number of hydrogen-bond acceptors (Lipinski definition) is 6. The molecule has 2 heterocycles. The summed E-state index contributed by atoms with van der Waals surface area (Å²) < 4.78 is 21.7. The van der Waals surface area contributed by atoms with E-state index in [0.29, 0.717) is 48.8 Å². The van der Waals surface area contributed by atoms with Crippen LogP contribution in [0.15, 0.2) is 71.7 Å². The van der Waals surface area contributed by atoms with Crippen molar-refractivity contribution in [1.82, 2.24) is 14.5 Å². The maximum absolute atomic E-state index is 15.0. The number of halogens is 1. The number of carbonyl (C=O) groups is 2. The number of nitrogens with one attached hydrogen (secondary N) is 2. The molecule has 44 heavy (non-hydrogen) atoms. The Labute approximate surface area is 255 Å². The summed E-state index contributed by atoms with van der Waals surface area (Å²) in [7, 11) is 1.60. The maximum Gasteiger partial charge on any atom is 0.293 e. The molecule has 4 aromatic rings. The molecule has 0 atom stereocenters. The zero-order valence-electron chi connectivity index (χ0n) is 25.5. The van der Waals surface area contributed by atoms with Crippen molar-refractivity contribution < 1.29 is 18.7 Å². The minimum Gasteiger partial charge on any atom is -0.378 e. The van der Waals surface area contributed by atoms with Gasteiger partial charge in [0.2, 0.25) is 0 Å². The van der Waals surface area contributed by atoms with E-state index in [1.54, 1.807) is 30.3 Å². The number of morpholine rings is 1. The SMILES string of the molecule is Cc1c(NC(=O)c2ccc(C(C)(C)C)cc2)cccc1-c1cn(C)c(=O)c(Nc2ccc(C(=O)N3CCOCC3)c(F)c2)n1. The van der Waals surface area contributed by atoms with Crippen LogP contribution in [0.5, 0.6) is 0 Å². The molecule has 5 rings (SSSR count). The number of benzene rings is 3. The standard InChI is InChI=1S/C34H36FN5O4/c1-21-25(7-6-8-28(21)38-31(41)22-9-11-23(12-10-22)34(2,3)4)29-20-39(5)33(43)30(37-29)36-24-13-14-26(27(35)19-24)32(42)40-15-17-44-18-16-40/h6-14,19-20H,15-18H2,1-5H3,(H,36,37)(H,38,41). The van der Waals surface area contributed by atoms with Gasteiger partial charge in [0, 0.05) is 48.8 Å². The van der Waals surface area contributed by atoms with E-state index in [9.17, 15) is 14.4 Å². The van der Waals surface area contributed by atoms with E-state index in [2.05, 4.69) is 36.4 Å². The normalized spacial score (nSPS) is 13.5. The van der Waals surface area contributed by atoms with Gasteiger partial charge in [-0.05, 0) is 59.9 Å². The van der Waals surface area contributed by atoms with E-state index in [1.165, 1.54) is 16.7 Å². The van der Waals surface area contributed by atoms with Crippen LogP contribution < -0.4 is 16.2 Å². The largest absolute Gasteiger partial charge is 0.378 e. The molecule has 228 valence electrons. The van der Waals surface area contributed by atoms with Crippen LogP contribution in [0.2, 0.25) is 0 Å². The van der Waals surface area contributed by atoms with Gasteiger partial charge in [0.15, 0.2) is 5.82 Å².